The van der Waals surface area contributed by atoms with Crippen molar-refractivity contribution in [3.63, 3.8) is 0 Å². The van der Waals surface area contributed by atoms with Crippen molar-refractivity contribution in [3.05, 3.63) is 39.4 Å². The van der Waals surface area contributed by atoms with Crippen molar-refractivity contribution in [3.8, 4) is 0 Å². The number of likely N-dealkylation sites (tertiary alicyclic amines) is 1. The third kappa shape index (κ3) is 3.55. The van der Waals surface area contributed by atoms with E-state index >= 15 is 0 Å². The van der Waals surface area contributed by atoms with Gasteiger partial charge >= 0.3 is 0 Å². The van der Waals surface area contributed by atoms with E-state index in [1.54, 1.807) is 12.1 Å². The summed E-state index contributed by atoms with van der Waals surface area (Å²) < 4.78 is 0. The Morgan fingerprint density at radius 3 is 2.70 bits per heavy atom. The van der Waals surface area contributed by atoms with Gasteiger partial charge in [0.2, 0.25) is 0 Å². The fourth-order valence-electron chi connectivity index (χ4n) is 2.77. The van der Waals surface area contributed by atoms with Crippen LogP contribution in [0.5, 0.6) is 0 Å². The zero-order valence-corrected chi connectivity index (χ0v) is 12.3. The van der Waals surface area contributed by atoms with E-state index in [1.807, 2.05) is 13.0 Å². The molecule has 0 bridgehead atoms. The Bertz CT molecular complexity index is 468. The highest BCUT2D eigenvalue weighted by Crippen LogP contribution is 2.21. The van der Waals surface area contributed by atoms with Gasteiger partial charge in [0.15, 0.2) is 0 Å². The minimum absolute atomic E-state index is 0.213. The van der Waals surface area contributed by atoms with Crippen molar-refractivity contribution in [2.75, 3.05) is 19.6 Å². The second-order valence-electron chi connectivity index (χ2n) is 5.41. The summed E-state index contributed by atoms with van der Waals surface area (Å²) in [6.45, 7) is 8.14. The largest absolute Gasteiger partial charge is 0.310 e. The number of hydrogen-bond acceptors (Lipinski definition) is 4. The lowest BCUT2D eigenvalue weighted by Gasteiger charge is -2.31. The Balaban J connectivity index is 1.92. The third-order valence-corrected chi connectivity index (χ3v) is 4.23. The molecule has 1 aliphatic heterocycles. The van der Waals surface area contributed by atoms with Crippen LogP contribution in [0.15, 0.2) is 18.2 Å². The second kappa shape index (κ2) is 6.81. The number of nitrogens with one attached hydrogen (secondary N) is 1. The Labute approximate surface area is 120 Å². The zero-order chi connectivity index (χ0) is 14.5. The monoisotopic (exact) mass is 277 g/mol. The van der Waals surface area contributed by atoms with Crippen LogP contribution in [0.1, 0.15) is 30.9 Å². The predicted octanol–water partition coefficient (Wildman–Crippen LogP) is 2.48. The SMILES string of the molecule is CCN1CCC(NCc2cccc([N+](=O)[O-])c2C)CC1. The molecule has 1 aromatic carbocycles. The van der Waals surface area contributed by atoms with Crippen molar-refractivity contribution < 1.29 is 4.92 Å². The molecule has 5 heteroatoms. The summed E-state index contributed by atoms with van der Waals surface area (Å²) in [6.07, 6.45) is 2.31. The van der Waals surface area contributed by atoms with Crippen LogP contribution in [-0.4, -0.2) is 35.5 Å². The van der Waals surface area contributed by atoms with Crippen LogP contribution in [0.3, 0.4) is 0 Å². The average Bonchev–Trinajstić information content (AvgIpc) is 2.46. The number of nitro groups is 1. The summed E-state index contributed by atoms with van der Waals surface area (Å²) in [5, 5.41) is 14.5. The second-order valence-corrected chi connectivity index (χ2v) is 5.41. The number of hydrogen-bond donors (Lipinski definition) is 1. The van der Waals surface area contributed by atoms with Gasteiger partial charge < -0.3 is 10.2 Å². The summed E-state index contributed by atoms with van der Waals surface area (Å²) in [5.74, 6) is 0. The lowest BCUT2D eigenvalue weighted by Crippen LogP contribution is -2.42. The van der Waals surface area contributed by atoms with Crippen LogP contribution in [0.2, 0.25) is 0 Å². The molecule has 1 saturated heterocycles. The Morgan fingerprint density at radius 1 is 1.40 bits per heavy atom. The van der Waals surface area contributed by atoms with Crippen molar-refractivity contribution in [2.24, 2.45) is 0 Å². The number of benzene rings is 1. The summed E-state index contributed by atoms with van der Waals surface area (Å²) in [6, 6.07) is 5.83. The van der Waals surface area contributed by atoms with Crippen LogP contribution in [0, 0.1) is 17.0 Å². The Hall–Kier alpha value is -1.46. The molecular formula is C15H23N3O2. The standard InChI is InChI=1S/C15H23N3O2/c1-3-17-9-7-14(8-10-17)16-11-13-5-4-6-15(12(13)2)18(19)20/h4-6,14,16H,3,7-11H2,1-2H3. The van der Waals surface area contributed by atoms with E-state index in [9.17, 15) is 10.1 Å². The van der Waals surface area contributed by atoms with Gasteiger partial charge in [-0.2, -0.15) is 0 Å². The molecule has 0 aliphatic carbocycles. The van der Waals surface area contributed by atoms with Crippen molar-refractivity contribution in [1.29, 1.82) is 0 Å². The molecule has 0 radical (unpaired) electrons. The van der Waals surface area contributed by atoms with Crippen molar-refractivity contribution in [2.45, 2.75) is 39.3 Å². The molecule has 1 aromatic rings. The molecule has 1 fully saturated rings. The zero-order valence-electron chi connectivity index (χ0n) is 12.3. The van der Waals surface area contributed by atoms with Gasteiger partial charge in [0, 0.05) is 24.2 Å². The fraction of sp³-hybridized carbons (Fsp3) is 0.600. The van der Waals surface area contributed by atoms with Gasteiger partial charge in [0.05, 0.1) is 4.92 Å². The maximum Gasteiger partial charge on any atom is 0.272 e. The highest BCUT2D eigenvalue weighted by atomic mass is 16.6. The molecule has 0 spiro atoms. The Morgan fingerprint density at radius 2 is 2.10 bits per heavy atom. The van der Waals surface area contributed by atoms with Gasteiger partial charge in [-0.05, 0) is 45.0 Å². The first kappa shape index (κ1) is 14.9. The molecule has 5 nitrogen and oxygen atoms in total. The van der Waals surface area contributed by atoms with Crippen LogP contribution in [-0.2, 0) is 6.54 Å². The quantitative estimate of drug-likeness (QED) is 0.663. The normalized spacial score (nSPS) is 17.3. The molecule has 1 N–H and O–H groups in total. The van der Waals surface area contributed by atoms with Crippen LogP contribution < -0.4 is 5.32 Å². The van der Waals surface area contributed by atoms with Gasteiger partial charge in [0.25, 0.3) is 5.69 Å². The number of rotatable bonds is 5. The first-order chi connectivity index (χ1) is 9.61. The molecule has 0 unspecified atom stereocenters. The molecule has 0 atom stereocenters. The maximum atomic E-state index is 10.9. The first-order valence-corrected chi connectivity index (χ1v) is 7.30. The summed E-state index contributed by atoms with van der Waals surface area (Å²) in [7, 11) is 0. The molecular weight excluding hydrogens is 254 g/mol. The highest BCUT2D eigenvalue weighted by Gasteiger charge is 2.18. The number of nitrogens with zero attached hydrogens (tertiary/aromatic N) is 2. The van der Waals surface area contributed by atoms with E-state index in [0.29, 0.717) is 12.6 Å². The molecule has 0 aromatic heterocycles. The number of piperidine rings is 1. The van der Waals surface area contributed by atoms with Crippen LogP contribution in [0.4, 0.5) is 5.69 Å². The topological polar surface area (TPSA) is 58.4 Å². The molecule has 1 heterocycles. The Kier molecular flexibility index (Phi) is 5.09. The van der Waals surface area contributed by atoms with Gasteiger partial charge in [-0.3, -0.25) is 10.1 Å². The third-order valence-electron chi connectivity index (χ3n) is 4.23. The fourth-order valence-corrected chi connectivity index (χ4v) is 2.77. The minimum atomic E-state index is -0.307. The summed E-state index contributed by atoms with van der Waals surface area (Å²) in [5.41, 5.74) is 2.01. The molecule has 110 valence electrons. The van der Waals surface area contributed by atoms with E-state index < -0.39 is 0 Å². The summed E-state index contributed by atoms with van der Waals surface area (Å²) >= 11 is 0. The molecule has 20 heavy (non-hydrogen) atoms. The molecule has 2 rings (SSSR count). The minimum Gasteiger partial charge on any atom is -0.310 e. The number of nitro benzene ring substituents is 1. The smallest absolute Gasteiger partial charge is 0.272 e. The van der Waals surface area contributed by atoms with Crippen LogP contribution in [0.25, 0.3) is 0 Å². The van der Waals surface area contributed by atoms with Crippen molar-refractivity contribution >= 4 is 5.69 Å². The molecule has 1 aliphatic rings. The van der Waals surface area contributed by atoms with E-state index in [2.05, 4.69) is 17.1 Å². The van der Waals surface area contributed by atoms with E-state index in [1.165, 1.54) is 0 Å². The summed E-state index contributed by atoms with van der Waals surface area (Å²) in [4.78, 5) is 13.1. The maximum absolute atomic E-state index is 10.9. The highest BCUT2D eigenvalue weighted by molar-refractivity contribution is 5.44. The average molecular weight is 277 g/mol. The predicted molar refractivity (Wildman–Crippen MR) is 79.8 cm³/mol. The van der Waals surface area contributed by atoms with Gasteiger partial charge in [-0.15, -0.1) is 0 Å². The first-order valence-electron chi connectivity index (χ1n) is 7.30. The van der Waals surface area contributed by atoms with Gasteiger partial charge in [0.1, 0.15) is 0 Å². The van der Waals surface area contributed by atoms with Gasteiger partial charge in [-0.25, -0.2) is 0 Å². The van der Waals surface area contributed by atoms with Crippen LogP contribution >= 0.6 is 0 Å². The van der Waals surface area contributed by atoms with E-state index in [-0.39, 0.29) is 10.6 Å². The van der Waals surface area contributed by atoms with Crippen molar-refractivity contribution in [1.82, 2.24) is 10.2 Å². The molecule has 0 amide bonds. The lowest BCUT2D eigenvalue weighted by molar-refractivity contribution is -0.385. The van der Waals surface area contributed by atoms with E-state index in [4.69, 9.17) is 0 Å². The van der Waals surface area contributed by atoms with E-state index in [0.717, 1.165) is 43.6 Å². The van der Waals surface area contributed by atoms with Gasteiger partial charge in [-0.1, -0.05) is 19.1 Å². The lowest BCUT2D eigenvalue weighted by atomic mass is 10.0. The molecule has 0 saturated carbocycles.